The van der Waals surface area contributed by atoms with E-state index in [9.17, 15) is 4.79 Å². The fourth-order valence-corrected chi connectivity index (χ4v) is 3.21. The highest BCUT2D eigenvalue weighted by Gasteiger charge is 2.36. The number of halogens is 1. The summed E-state index contributed by atoms with van der Waals surface area (Å²) in [5.74, 6) is 1.24. The summed E-state index contributed by atoms with van der Waals surface area (Å²) < 4.78 is 0. The number of benzene rings is 1. The van der Waals surface area contributed by atoms with Crippen molar-refractivity contribution >= 4 is 17.5 Å². The highest BCUT2D eigenvalue weighted by atomic mass is 35.5. The van der Waals surface area contributed by atoms with Crippen LogP contribution in [-0.4, -0.2) is 29.9 Å². The van der Waals surface area contributed by atoms with E-state index in [0.29, 0.717) is 23.8 Å². The Morgan fingerprint density at radius 2 is 2.00 bits per heavy atom. The Bertz CT molecular complexity index is 498. The first-order valence-corrected chi connectivity index (χ1v) is 8.28. The molecule has 1 saturated heterocycles. The van der Waals surface area contributed by atoms with Crippen LogP contribution in [-0.2, 0) is 11.3 Å². The monoisotopic (exact) mass is 306 g/mol. The Kier molecular flexibility index (Phi) is 4.51. The van der Waals surface area contributed by atoms with Crippen molar-refractivity contribution in [3.8, 4) is 0 Å². The lowest BCUT2D eigenvalue weighted by atomic mass is 9.93. The zero-order chi connectivity index (χ0) is 14.8. The van der Waals surface area contributed by atoms with Crippen molar-refractivity contribution in [1.29, 1.82) is 0 Å². The molecule has 1 N–H and O–H groups in total. The van der Waals surface area contributed by atoms with Crippen LogP contribution in [0.25, 0.3) is 0 Å². The van der Waals surface area contributed by atoms with Crippen molar-refractivity contribution in [3.63, 3.8) is 0 Å². The maximum atomic E-state index is 12.1. The number of hydrogen-bond donors (Lipinski definition) is 1. The molecule has 1 aromatic rings. The Hall–Kier alpha value is -1.06. The van der Waals surface area contributed by atoms with Crippen LogP contribution in [0.15, 0.2) is 24.3 Å². The van der Waals surface area contributed by atoms with Crippen LogP contribution < -0.4 is 5.32 Å². The summed E-state index contributed by atoms with van der Waals surface area (Å²) in [5.41, 5.74) is 1.25. The van der Waals surface area contributed by atoms with Gasteiger partial charge in [-0.05, 0) is 42.9 Å². The van der Waals surface area contributed by atoms with Gasteiger partial charge in [0, 0.05) is 36.6 Å². The number of likely N-dealkylation sites (tertiary alicyclic amines) is 1. The lowest BCUT2D eigenvalue weighted by Gasteiger charge is -2.37. The molecule has 1 heterocycles. The van der Waals surface area contributed by atoms with Crippen molar-refractivity contribution in [2.75, 3.05) is 13.1 Å². The minimum Gasteiger partial charge on any atom is -0.342 e. The van der Waals surface area contributed by atoms with Crippen LogP contribution in [0, 0.1) is 11.8 Å². The summed E-state index contributed by atoms with van der Waals surface area (Å²) in [6.45, 7) is 4.90. The van der Waals surface area contributed by atoms with E-state index < -0.39 is 0 Å². The molecule has 4 heteroatoms. The number of amides is 1. The third-order valence-electron chi connectivity index (χ3n) is 4.63. The van der Waals surface area contributed by atoms with Gasteiger partial charge in [0.05, 0.1) is 0 Å². The van der Waals surface area contributed by atoms with Crippen molar-refractivity contribution < 1.29 is 4.79 Å². The molecule has 1 aromatic carbocycles. The molecule has 3 nitrogen and oxygen atoms in total. The lowest BCUT2D eigenvalue weighted by Crippen LogP contribution is -2.50. The fraction of sp³-hybridized carbons (Fsp3) is 0.588. The highest BCUT2D eigenvalue weighted by Crippen LogP contribution is 2.32. The van der Waals surface area contributed by atoms with Gasteiger partial charge in [0.25, 0.3) is 0 Å². The molecule has 2 fully saturated rings. The second kappa shape index (κ2) is 6.37. The van der Waals surface area contributed by atoms with Crippen molar-refractivity contribution in [3.05, 3.63) is 34.9 Å². The molecule has 2 aliphatic rings. The molecule has 0 aromatic heterocycles. The predicted molar refractivity (Wildman–Crippen MR) is 85.2 cm³/mol. The number of carbonyl (C=O) groups is 1. The van der Waals surface area contributed by atoms with E-state index in [0.717, 1.165) is 43.9 Å². The minimum atomic E-state index is 0.343. The van der Waals surface area contributed by atoms with Crippen LogP contribution in [0.4, 0.5) is 0 Å². The standard InChI is InChI=1S/C17H23ClN2O/c1-12-11-20(17(21)14-4-5-14)9-8-16(12)19-10-13-2-6-15(18)7-3-13/h2-3,6-7,12,14,16,19H,4-5,8-11H2,1H3/t12-,16+/m0/s1. The molecule has 21 heavy (non-hydrogen) atoms. The average Bonchev–Trinajstić information content (AvgIpc) is 3.31. The molecule has 114 valence electrons. The van der Waals surface area contributed by atoms with Gasteiger partial charge in [-0.3, -0.25) is 4.79 Å². The molecular weight excluding hydrogens is 284 g/mol. The van der Waals surface area contributed by atoms with Crippen LogP contribution in [0.5, 0.6) is 0 Å². The average molecular weight is 307 g/mol. The zero-order valence-electron chi connectivity index (χ0n) is 12.5. The number of rotatable bonds is 4. The van der Waals surface area contributed by atoms with Gasteiger partial charge in [0.1, 0.15) is 0 Å². The van der Waals surface area contributed by atoms with Gasteiger partial charge in [-0.1, -0.05) is 30.7 Å². The van der Waals surface area contributed by atoms with Crippen molar-refractivity contribution in [2.45, 2.75) is 38.8 Å². The van der Waals surface area contributed by atoms with Gasteiger partial charge in [-0.25, -0.2) is 0 Å². The third-order valence-corrected chi connectivity index (χ3v) is 4.88. The number of carbonyl (C=O) groups excluding carboxylic acids is 1. The van der Waals surface area contributed by atoms with E-state index in [1.54, 1.807) is 0 Å². The van der Waals surface area contributed by atoms with Crippen molar-refractivity contribution in [2.24, 2.45) is 11.8 Å². The third kappa shape index (κ3) is 3.78. The zero-order valence-corrected chi connectivity index (χ0v) is 13.3. The van der Waals surface area contributed by atoms with Gasteiger partial charge in [0.15, 0.2) is 0 Å². The molecule has 0 radical (unpaired) electrons. The van der Waals surface area contributed by atoms with E-state index in [2.05, 4.69) is 29.3 Å². The second-order valence-electron chi connectivity index (χ2n) is 6.44. The Morgan fingerprint density at radius 1 is 1.29 bits per heavy atom. The van der Waals surface area contributed by atoms with E-state index in [1.807, 2.05) is 12.1 Å². The smallest absolute Gasteiger partial charge is 0.225 e. The fourth-order valence-electron chi connectivity index (χ4n) is 3.09. The van der Waals surface area contributed by atoms with Gasteiger partial charge in [-0.2, -0.15) is 0 Å². The number of hydrogen-bond acceptors (Lipinski definition) is 2. The van der Waals surface area contributed by atoms with E-state index >= 15 is 0 Å². The molecule has 0 spiro atoms. The molecule has 3 rings (SSSR count). The molecule has 0 bridgehead atoms. The maximum absolute atomic E-state index is 12.1. The Labute approximate surface area is 131 Å². The summed E-state index contributed by atoms with van der Waals surface area (Å²) in [7, 11) is 0. The van der Waals surface area contributed by atoms with Crippen LogP contribution in [0.2, 0.25) is 5.02 Å². The largest absolute Gasteiger partial charge is 0.342 e. The minimum absolute atomic E-state index is 0.343. The normalized spacial score (nSPS) is 25.9. The summed E-state index contributed by atoms with van der Waals surface area (Å²) in [6, 6.07) is 8.47. The highest BCUT2D eigenvalue weighted by molar-refractivity contribution is 6.30. The number of nitrogens with zero attached hydrogens (tertiary/aromatic N) is 1. The summed E-state index contributed by atoms with van der Waals surface area (Å²) in [5, 5.41) is 4.41. The topological polar surface area (TPSA) is 32.3 Å². The van der Waals surface area contributed by atoms with Crippen LogP contribution >= 0.6 is 11.6 Å². The van der Waals surface area contributed by atoms with E-state index in [1.165, 1.54) is 5.56 Å². The summed E-state index contributed by atoms with van der Waals surface area (Å²) in [6.07, 6.45) is 3.25. The lowest BCUT2D eigenvalue weighted by molar-refractivity contribution is -0.134. The van der Waals surface area contributed by atoms with Crippen molar-refractivity contribution in [1.82, 2.24) is 10.2 Å². The maximum Gasteiger partial charge on any atom is 0.225 e. The van der Waals surface area contributed by atoms with Crippen LogP contribution in [0.3, 0.4) is 0 Å². The van der Waals surface area contributed by atoms with Crippen LogP contribution in [0.1, 0.15) is 31.7 Å². The molecule has 2 atom stereocenters. The molecule has 1 amide bonds. The predicted octanol–water partition coefficient (Wildman–Crippen LogP) is 3.08. The Morgan fingerprint density at radius 3 is 2.62 bits per heavy atom. The first kappa shape index (κ1) is 14.9. The number of piperidine rings is 1. The SMILES string of the molecule is C[C@H]1CN(C(=O)C2CC2)CC[C@H]1NCc1ccc(Cl)cc1. The second-order valence-corrected chi connectivity index (χ2v) is 6.87. The Balaban J connectivity index is 1.48. The first-order chi connectivity index (χ1) is 10.1. The molecular formula is C17H23ClN2O. The summed E-state index contributed by atoms with van der Waals surface area (Å²) >= 11 is 5.90. The molecule has 1 saturated carbocycles. The van der Waals surface area contributed by atoms with Gasteiger partial charge in [-0.15, -0.1) is 0 Å². The molecule has 1 aliphatic heterocycles. The van der Waals surface area contributed by atoms with E-state index in [4.69, 9.17) is 11.6 Å². The van der Waals surface area contributed by atoms with Gasteiger partial charge >= 0.3 is 0 Å². The van der Waals surface area contributed by atoms with E-state index in [-0.39, 0.29) is 0 Å². The summed E-state index contributed by atoms with van der Waals surface area (Å²) in [4.78, 5) is 14.2. The number of nitrogens with one attached hydrogen (secondary N) is 1. The molecule has 1 aliphatic carbocycles. The van der Waals surface area contributed by atoms with Gasteiger partial charge in [0.2, 0.25) is 5.91 Å². The first-order valence-electron chi connectivity index (χ1n) is 7.90. The molecule has 0 unspecified atom stereocenters. The quantitative estimate of drug-likeness (QED) is 0.927. The van der Waals surface area contributed by atoms with Gasteiger partial charge < -0.3 is 10.2 Å².